The lowest BCUT2D eigenvalue weighted by molar-refractivity contribution is -0.118. The second-order valence-corrected chi connectivity index (χ2v) is 6.70. The lowest BCUT2D eigenvalue weighted by Crippen LogP contribution is -2.20. The van der Waals surface area contributed by atoms with Crippen LogP contribution >= 0.6 is 0 Å². The van der Waals surface area contributed by atoms with Gasteiger partial charge in [-0.2, -0.15) is 0 Å². The van der Waals surface area contributed by atoms with Gasteiger partial charge in [-0.15, -0.1) is 0 Å². The predicted molar refractivity (Wildman–Crippen MR) is 102 cm³/mol. The van der Waals surface area contributed by atoms with Gasteiger partial charge in [-0.25, -0.2) is 0 Å². The number of rotatable bonds is 7. The van der Waals surface area contributed by atoms with Gasteiger partial charge >= 0.3 is 0 Å². The first kappa shape index (κ1) is 18.8. The molecule has 0 radical (unpaired) electrons. The van der Waals surface area contributed by atoms with Gasteiger partial charge in [-0.05, 0) is 74.2 Å². The molecular formula is C21H27NO3. The Hall–Kier alpha value is -2.49. The number of hydrogen-bond donors (Lipinski definition) is 1. The quantitative estimate of drug-likeness (QED) is 0.777. The first-order valence-electron chi connectivity index (χ1n) is 8.65. The monoisotopic (exact) mass is 341 g/mol. The van der Waals surface area contributed by atoms with Crippen LogP contribution in [0.2, 0.25) is 0 Å². The van der Waals surface area contributed by atoms with Crippen molar-refractivity contribution in [3.63, 3.8) is 0 Å². The van der Waals surface area contributed by atoms with Gasteiger partial charge in [0.1, 0.15) is 11.5 Å². The minimum Gasteiger partial charge on any atom is -0.491 e. The molecule has 0 bridgehead atoms. The number of aryl methyl sites for hydroxylation is 1. The highest BCUT2D eigenvalue weighted by Gasteiger charge is 2.07. The fourth-order valence-electron chi connectivity index (χ4n) is 2.62. The van der Waals surface area contributed by atoms with E-state index in [9.17, 15) is 4.79 Å². The maximum Gasteiger partial charge on any atom is 0.262 e. The number of amides is 1. The maximum atomic E-state index is 12.0. The molecule has 1 N–H and O–H groups in total. The third-order valence-electron chi connectivity index (χ3n) is 3.74. The van der Waals surface area contributed by atoms with E-state index in [2.05, 4.69) is 32.2 Å². The Balaban J connectivity index is 1.87. The average molecular weight is 341 g/mol. The van der Waals surface area contributed by atoms with E-state index < -0.39 is 0 Å². The van der Waals surface area contributed by atoms with Crippen molar-refractivity contribution in [1.29, 1.82) is 0 Å². The van der Waals surface area contributed by atoms with Gasteiger partial charge in [-0.1, -0.05) is 19.9 Å². The molecular weight excluding hydrogens is 314 g/mol. The highest BCUT2D eigenvalue weighted by atomic mass is 16.5. The molecule has 0 aliphatic carbocycles. The lowest BCUT2D eigenvalue weighted by Gasteiger charge is -2.13. The van der Waals surface area contributed by atoms with Gasteiger partial charge in [0.2, 0.25) is 0 Å². The zero-order valence-electron chi connectivity index (χ0n) is 15.6. The SMILES string of the molecule is Cc1cc(OCC(=O)Nc2ccc(OC(C)C)cc2)ccc1C(C)C. The summed E-state index contributed by atoms with van der Waals surface area (Å²) in [4.78, 5) is 12.0. The summed E-state index contributed by atoms with van der Waals surface area (Å²) in [5.41, 5.74) is 3.19. The van der Waals surface area contributed by atoms with E-state index in [0.29, 0.717) is 11.7 Å². The Labute approximate surface area is 150 Å². The molecule has 0 heterocycles. The van der Waals surface area contributed by atoms with Crippen molar-refractivity contribution >= 4 is 11.6 Å². The zero-order valence-corrected chi connectivity index (χ0v) is 15.6. The summed E-state index contributed by atoms with van der Waals surface area (Å²) in [6, 6.07) is 13.2. The summed E-state index contributed by atoms with van der Waals surface area (Å²) in [6.07, 6.45) is 0.124. The van der Waals surface area contributed by atoms with Crippen LogP contribution < -0.4 is 14.8 Å². The maximum absolute atomic E-state index is 12.0. The van der Waals surface area contributed by atoms with Crippen LogP contribution in [0.25, 0.3) is 0 Å². The molecule has 0 fully saturated rings. The second-order valence-electron chi connectivity index (χ2n) is 6.70. The molecule has 0 aromatic heterocycles. The van der Waals surface area contributed by atoms with Crippen LogP contribution in [-0.2, 0) is 4.79 Å². The topological polar surface area (TPSA) is 47.6 Å². The molecule has 4 heteroatoms. The van der Waals surface area contributed by atoms with Gasteiger partial charge in [-0.3, -0.25) is 4.79 Å². The Kier molecular flexibility index (Phi) is 6.45. The Morgan fingerprint density at radius 1 is 1.00 bits per heavy atom. The van der Waals surface area contributed by atoms with Crippen molar-refractivity contribution in [1.82, 2.24) is 0 Å². The van der Waals surface area contributed by atoms with Crippen molar-refractivity contribution < 1.29 is 14.3 Å². The van der Waals surface area contributed by atoms with E-state index in [0.717, 1.165) is 11.4 Å². The van der Waals surface area contributed by atoms with Crippen molar-refractivity contribution in [2.75, 3.05) is 11.9 Å². The first-order chi connectivity index (χ1) is 11.8. The van der Waals surface area contributed by atoms with Crippen LogP contribution in [0.15, 0.2) is 42.5 Å². The third-order valence-corrected chi connectivity index (χ3v) is 3.74. The molecule has 0 saturated heterocycles. The molecule has 2 aromatic carbocycles. The first-order valence-corrected chi connectivity index (χ1v) is 8.65. The molecule has 0 unspecified atom stereocenters. The highest BCUT2D eigenvalue weighted by molar-refractivity contribution is 5.91. The molecule has 2 aromatic rings. The van der Waals surface area contributed by atoms with Crippen molar-refractivity contribution in [3.8, 4) is 11.5 Å². The molecule has 134 valence electrons. The van der Waals surface area contributed by atoms with Crippen LogP contribution in [-0.4, -0.2) is 18.6 Å². The third kappa shape index (κ3) is 5.82. The lowest BCUT2D eigenvalue weighted by atomic mass is 9.98. The minimum atomic E-state index is -0.192. The normalized spacial score (nSPS) is 10.8. The zero-order chi connectivity index (χ0) is 18.4. The fraction of sp³-hybridized carbons (Fsp3) is 0.381. The molecule has 25 heavy (non-hydrogen) atoms. The number of benzene rings is 2. The van der Waals surface area contributed by atoms with E-state index in [1.165, 1.54) is 11.1 Å². The van der Waals surface area contributed by atoms with E-state index in [4.69, 9.17) is 9.47 Å². The molecule has 2 rings (SSSR count). The van der Waals surface area contributed by atoms with Crippen LogP contribution in [0.3, 0.4) is 0 Å². The van der Waals surface area contributed by atoms with Gasteiger partial charge < -0.3 is 14.8 Å². The van der Waals surface area contributed by atoms with Crippen molar-refractivity contribution in [2.24, 2.45) is 0 Å². The summed E-state index contributed by atoms with van der Waals surface area (Å²) in [7, 11) is 0. The molecule has 0 aliphatic rings. The van der Waals surface area contributed by atoms with Crippen LogP contribution in [0.1, 0.15) is 44.7 Å². The number of ether oxygens (including phenoxy) is 2. The van der Waals surface area contributed by atoms with Crippen LogP contribution in [0.5, 0.6) is 11.5 Å². The van der Waals surface area contributed by atoms with E-state index in [-0.39, 0.29) is 18.6 Å². The van der Waals surface area contributed by atoms with E-state index in [1.807, 2.05) is 50.2 Å². The van der Waals surface area contributed by atoms with E-state index in [1.54, 1.807) is 0 Å². The molecule has 0 atom stereocenters. The van der Waals surface area contributed by atoms with Gasteiger partial charge in [0.05, 0.1) is 6.10 Å². The molecule has 4 nitrogen and oxygen atoms in total. The van der Waals surface area contributed by atoms with Gasteiger partial charge in [0.15, 0.2) is 6.61 Å². The molecule has 0 saturated carbocycles. The number of hydrogen-bond acceptors (Lipinski definition) is 3. The largest absolute Gasteiger partial charge is 0.491 e. The van der Waals surface area contributed by atoms with Gasteiger partial charge in [0, 0.05) is 5.69 Å². The van der Waals surface area contributed by atoms with Crippen molar-refractivity contribution in [2.45, 2.75) is 46.6 Å². The summed E-state index contributed by atoms with van der Waals surface area (Å²) in [6.45, 7) is 10.3. The summed E-state index contributed by atoms with van der Waals surface area (Å²) in [5.74, 6) is 1.77. The standard InChI is InChI=1S/C21H27NO3/c1-14(2)20-11-10-19(12-16(20)5)24-13-21(23)22-17-6-8-18(9-7-17)25-15(3)4/h6-12,14-15H,13H2,1-5H3,(H,22,23). The number of carbonyl (C=O) groups is 1. The second kappa shape index (κ2) is 8.56. The smallest absolute Gasteiger partial charge is 0.262 e. The van der Waals surface area contributed by atoms with Crippen LogP contribution in [0, 0.1) is 6.92 Å². The fourth-order valence-corrected chi connectivity index (χ4v) is 2.62. The summed E-state index contributed by atoms with van der Waals surface area (Å²) in [5, 5.41) is 2.82. The molecule has 0 spiro atoms. The van der Waals surface area contributed by atoms with Gasteiger partial charge in [0.25, 0.3) is 5.91 Å². The highest BCUT2D eigenvalue weighted by Crippen LogP contribution is 2.23. The molecule has 1 amide bonds. The number of anilines is 1. The molecule has 0 aliphatic heterocycles. The summed E-state index contributed by atoms with van der Waals surface area (Å²) >= 11 is 0. The predicted octanol–water partition coefficient (Wildman–Crippen LogP) is 4.92. The Morgan fingerprint density at radius 3 is 2.20 bits per heavy atom. The Bertz CT molecular complexity index is 706. The Morgan fingerprint density at radius 2 is 1.64 bits per heavy atom. The van der Waals surface area contributed by atoms with E-state index >= 15 is 0 Å². The summed E-state index contributed by atoms with van der Waals surface area (Å²) < 4.78 is 11.2. The number of carbonyl (C=O) groups excluding carboxylic acids is 1. The minimum absolute atomic E-state index is 0.0231. The number of nitrogens with one attached hydrogen (secondary N) is 1. The van der Waals surface area contributed by atoms with Crippen LogP contribution in [0.4, 0.5) is 5.69 Å². The van der Waals surface area contributed by atoms with Crippen molar-refractivity contribution in [3.05, 3.63) is 53.6 Å². The average Bonchev–Trinajstić information content (AvgIpc) is 2.54.